The highest BCUT2D eigenvalue weighted by molar-refractivity contribution is 6.34. The van der Waals surface area contributed by atoms with Crippen LogP contribution in [0.2, 0.25) is 5.02 Å². The monoisotopic (exact) mass is 531 g/mol. The summed E-state index contributed by atoms with van der Waals surface area (Å²) in [7, 11) is 0. The van der Waals surface area contributed by atoms with E-state index in [1.54, 1.807) is 58.0 Å². The maximum absolute atomic E-state index is 14.0. The topological polar surface area (TPSA) is 108 Å². The van der Waals surface area contributed by atoms with Crippen molar-refractivity contribution in [2.45, 2.75) is 72.6 Å². The maximum atomic E-state index is 14.0. The molecule has 2 aromatic rings. The Labute approximate surface area is 224 Å². The number of aromatic hydroxyl groups is 1. The number of halogens is 1. The highest BCUT2D eigenvalue weighted by atomic mass is 35.5. The van der Waals surface area contributed by atoms with E-state index in [4.69, 9.17) is 16.3 Å². The van der Waals surface area contributed by atoms with Gasteiger partial charge in [-0.15, -0.1) is 0 Å². The van der Waals surface area contributed by atoms with Gasteiger partial charge in [0.1, 0.15) is 23.4 Å². The van der Waals surface area contributed by atoms with Gasteiger partial charge in [-0.3, -0.25) is 9.59 Å². The lowest BCUT2D eigenvalue weighted by atomic mass is 9.95. The van der Waals surface area contributed by atoms with Crippen LogP contribution in [0.15, 0.2) is 42.5 Å². The van der Waals surface area contributed by atoms with Gasteiger partial charge in [0, 0.05) is 12.1 Å². The number of ether oxygens (including phenoxy) is 1. The Morgan fingerprint density at radius 1 is 1.08 bits per heavy atom. The van der Waals surface area contributed by atoms with Gasteiger partial charge >= 0.3 is 6.09 Å². The molecule has 3 amide bonds. The van der Waals surface area contributed by atoms with Crippen LogP contribution in [-0.4, -0.2) is 46.1 Å². The third-order valence-electron chi connectivity index (χ3n) is 6.04. The molecule has 9 heteroatoms. The molecule has 0 bridgehead atoms. The second kappa shape index (κ2) is 12.8. The van der Waals surface area contributed by atoms with Crippen molar-refractivity contribution in [2.24, 2.45) is 5.92 Å². The lowest BCUT2D eigenvalue weighted by Crippen LogP contribution is -2.54. The molecular weight excluding hydrogens is 494 g/mol. The first kappa shape index (κ1) is 30.0. The first-order valence-electron chi connectivity index (χ1n) is 12.4. The molecule has 3 atom stereocenters. The van der Waals surface area contributed by atoms with Crippen molar-refractivity contribution in [3.63, 3.8) is 0 Å². The summed E-state index contributed by atoms with van der Waals surface area (Å²) >= 11 is 6.35. The van der Waals surface area contributed by atoms with Crippen LogP contribution in [0, 0.1) is 12.8 Å². The van der Waals surface area contributed by atoms with E-state index < -0.39 is 35.6 Å². The molecule has 0 aromatic heterocycles. The maximum Gasteiger partial charge on any atom is 0.408 e. The van der Waals surface area contributed by atoms with Gasteiger partial charge in [-0.1, -0.05) is 62.2 Å². The van der Waals surface area contributed by atoms with Gasteiger partial charge in [0.05, 0.1) is 10.7 Å². The SMILES string of the molecule is CCC(C)C(NC(=O)OC(C)(C)C)C(=O)N(CC)C(C(=O)Nc1c(C)cccc1Cl)c1ccccc1O. The summed E-state index contributed by atoms with van der Waals surface area (Å²) in [6, 6.07) is 9.46. The Morgan fingerprint density at radius 3 is 2.27 bits per heavy atom. The first-order valence-corrected chi connectivity index (χ1v) is 12.8. The van der Waals surface area contributed by atoms with E-state index in [2.05, 4.69) is 10.6 Å². The number of phenolic OH excluding ortho intramolecular Hbond substituents is 1. The Bertz CT molecular complexity index is 1090. The summed E-state index contributed by atoms with van der Waals surface area (Å²) in [6.45, 7) is 12.6. The molecule has 0 heterocycles. The van der Waals surface area contributed by atoms with E-state index in [1.165, 1.54) is 11.0 Å². The summed E-state index contributed by atoms with van der Waals surface area (Å²) in [5, 5.41) is 16.6. The molecular formula is C28H38ClN3O5. The van der Waals surface area contributed by atoms with Crippen molar-refractivity contribution >= 4 is 35.2 Å². The summed E-state index contributed by atoms with van der Waals surface area (Å²) in [6.07, 6.45) is -0.131. The molecule has 0 saturated heterocycles. The molecule has 0 saturated carbocycles. The molecule has 2 aromatic carbocycles. The van der Waals surface area contributed by atoms with Crippen molar-refractivity contribution in [3.05, 3.63) is 58.6 Å². The summed E-state index contributed by atoms with van der Waals surface area (Å²) < 4.78 is 5.39. The fourth-order valence-electron chi connectivity index (χ4n) is 3.91. The number of amides is 3. The number of carbonyl (C=O) groups excluding carboxylic acids is 3. The molecule has 37 heavy (non-hydrogen) atoms. The van der Waals surface area contributed by atoms with Crippen LogP contribution >= 0.6 is 11.6 Å². The number of para-hydroxylation sites is 2. The Hall–Kier alpha value is -3.26. The quantitative estimate of drug-likeness (QED) is 0.378. The van der Waals surface area contributed by atoms with Gasteiger partial charge in [-0.25, -0.2) is 4.79 Å². The van der Waals surface area contributed by atoms with Crippen molar-refractivity contribution in [1.29, 1.82) is 0 Å². The normalized spacial score (nSPS) is 13.7. The third-order valence-corrected chi connectivity index (χ3v) is 6.35. The minimum atomic E-state index is -1.19. The average Bonchev–Trinajstić information content (AvgIpc) is 2.82. The number of rotatable bonds is 9. The van der Waals surface area contributed by atoms with E-state index in [-0.39, 0.29) is 23.8 Å². The molecule has 202 valence electrons. The Kier molecular flexibility index (Phi) is 10.4. The largest absolute Gasteiger partial charge is 0.508 e. The van der Waals surface area contributed by atoms with Crippen LogP contribution in [0.5, 0.6) is 5.75 Å². The number of benzene rings is 2. The highest BCUT2D eigenvalue weighted by Gasteiger charge is 2.38. The molecule has 2 rings (SSSR count). The molecule has 0 aliphatic heterocycles. The average molecular weight is 532 g/mol. The van der Waals surface area contributed by atoms with Crippen LogP contribution in [0.25, 0.3) is 0 Å². The second-order valence-electron chi connectivity index (χ2n) is 10.0. The van der Waals surface area contributed by atoms with Crippen molar-refractivity contribution < 1.29 is 24.2 Å². The van der Waals surface area contributed by atoms with Gasteiger partial charge in [0.15, 0.2) is 0 Å². The van der Waals surface area contributed by atoms with E-state index in [9.17, 15) is 19.5 Å². The van der Waals surface area contributed by atoms with E-state index in [1.807, 2.05) is 26.8 Å². The molecule has 0 radical (unpaired) electrons. The second-order valence-corrected chi connectivity index (χ2v) is 10.4. The Morgan fingerprint density at radius 2 is 1.73 bits per heavy atom. The zero-order chi connectivity index (χ0) is 27.9. The lowest BCUT2D eigenvalue weighted by molar-refractivity contribution is -0.141. The predicted octanol–water partition coefficient (Wildman–Crippen LogP) is 5.82. The highest BCUT2D eigenvalue weighted by Crippen LogP contribution is 2.33. The van der Waals surface area contributed by atoms with E-state index in [0.29, 0.717) is 17.1 Å². The van der Waals surface area contributed by atoms with Gasteiger partial charge in [-0.2, -0.15) is 0 Å². The summed E-state index contributed by atoms with van der Waals surface area (Å²) in [4.78, 5) is 41.7. The fourth-order valence-corrected chi connectivity index (χ4v) is 4.18. The van der Waals surface area contributed by atoms with Gasteiger partial charge in [0.2, 0.25) is 5.91 Å². The van der Waals surface area contributed by atoms with Crippen LogP contribution < -0.4 is 10.6 Å². The van der Waals surface area contributed by atoms with Crippen molar-refractivity contribution in [1.82, 2.24) is 10.2 Å². The van der Waals surface area contributed by atoms with Gasteiger partial charge < -0.3 is 25.4 Å². The van der Waals surface area contributed by atoms with E-state index in [0.717, 1.165) is 5.56 Å². The number of aryl methyl sites for hydroxylation is 1. The van der Waals surface area contributed by atoms with Crippen LogP contribution in [0.4, 0.5) is 10.5 Å². The predicted molar refractivity (Wildman–Crippen MR) is 146 cm³/mol. The number of nitrogens with one attached hydrogen (secondary N) is 2. The van der Waals surface area contributed by atoms with E-state index >= 15 is 0 Å². The summed E-state index contributed by atoms with van der Waals surface area (Å²) in [5.41, 5.74) is 0.668. The number of carbonyl (C=O) groups is 3. The van der Waals surface area contributed by atoms with Gasteiger partial charge in [0.25, 0.3) is 5.91 Å². The molecule has 3 unspecified atom stereocenters. The van der Waals surface area contributed by atoms with Crippen LogP contribution in [0.1, 0.15) is 65.1 Å². The molecule has 3 N–H and O–H groups in total. The number of alkyl carbamates (subject to hydrolysis) is 1. The standard InChI is InChI=1S/C28H38ClN3O5/c1-8-17(3)23(31-27(36)37-28(5,6)7)26(35)32(9-2)24(19-14-10-11-16-21(19)33)25(34)30-22-18(4)13-12-15-20(22)29/h10-17,23-24,33H,8-9H2,1-7H3,(H,30,34)(H,31,36). The molecule has 8 nitrogen and oxygen atoms in total. The van der Waals surface area contributed by atoms with Crippen LogP contribution in [-0.2, 0) is 14.3 Å². The number of likely N-dealkylation sites (N-methyl/N-ethyl adjacent to an activating group) is 1. The molecule has 0 aliphatic carbocycles. The minimum absolute atomic E-state index is 0.134. The first-order chi connectivity index (χ1) is 17.3. The van der Waals surface area contributed by atoms with Crippen LogP contribution in [0.3, 0.4) is 0 Å². The minimum Gasteiger partial charge on any atom is -0.508 e. The number of nitrogens with zero attached hydrogens (tertiary/aromatic N) is 1. The fraction of sp³-hybridized carbons (Fsp3) is 0.464. The van der Waals surface area contributed by atoms with Crippen molar-refractivity contribution in [3.8, 4) is 5.75 Å². The number of phenols is 1. The number of hydrogen-bond donors (Lipinski definition) is 3. The number of anilines is 1. The molecule has 0 spiro atoms. The summed E-state index contributed by atoms with van der Waals surface area (Å²) in [5.74, 6) is -1.41. The van der Waals surface area contributed by atoms with Crippen molar-refractivity contribution in [2.75, 3.05) is 11.9 Å². The van der Waals surface area contributed by atoms with Gasteiger partial charge in [-0.05, 0) is 58.2 Å². The molecule has 0 aliphatic rings. The zero-order valence-electron chi connectivity index (χ0n) is 22.6. The Balaban J connectivity index is 2.53. The molecule has 0 fully saturated rings. The number of hydrogen-bond acceptors (Lipinski definition) is 5. The zero-order valence-corrected chi connectivity index (χ0v) is 23.3. The smallest absolute Gasteiger partial charge is 0.408 e. The lowest BCUT2D eigenvalue weighted by Gasteiger charge is -2.35. The third kappa shape index (κ3) is 7.86.